The summed E-state index contributed by atoms with van der Waals surface area (Å²) in [6, 6.07) is 11.6. The Labute approximate surface area is 148 Å². The molecule has 0 aliphatic heterocycles. The molecule has 6 nitrogen and oxygen atoms in total. The molecule has 3 N–H and O–H groups in total. The fourth-order valence-electron chi connectivity index (χ4n) is 2.38. The number of anilines is 1. The first kappa shape index (κ1) is 18.4. The van der Waals surface area contributed by atoms with E-state index >= 15 is 0 Å². The van der Waals surface area contributed by atoms with E-state index in [4.69, 9.17) is 0 Å². The Hall–Kier alpha value is -2.89. The topological polar surface area (TPSA) is 83.1 Å². The lowest BCUT2D eigenvalue weighted by Crippen LogP contribution is -2.51. The molecule has 25 heavy (non-hydrogen) atoms. The second-order valence-electron chi connectivity index (χ2n) is 6.20. The Morgan fingerprint density at radius 3 is 2.28 bits per heavy atom. The van der Waals surface area contributed by atoms with Crippen LogP contribution in [0.3, 0.4) is 0 Å². The maximum Gasteiger partial charge on any atom is 0.319 e. The average Bonchev–Trinajstić information content (AvgIpc) is 2.61. The van der Waals surface area contributed by atoms with Gasteiger partial charge >= 0.3 is 6.03 Å². The number of para-hydroxylation sites is 1. The van der Waals surface area contributed by atoms with Crippen molar-refractivity contribution in [2.45, 2.75) is 32.9 Å². The van der Waals surface area contributed by atoms with Crippen molar-refractivity contribution < 1.29 is 9.59 Å². The zero-order chi connectivity index (χ0) is 18.2. The van der Waals surface area contributed by atoms with Crippen molar-refractivity contribution in [3.8, 4) is 0 Å². The summed E-state index contributed by atoms with van der Waals surface area (Å²) in [5, 5.41) is 8.40. The van der Waals surface area contributed by atoms with Gasteiger partial charge in [-0.25, -0.2) is 4.79 Å². The second-order valence-corrected chi connectivity index (χ2v) is 6.20. The molecule has 2 aromatic rings. The summed E-state index contributed by atoms with van der Waals surface area (Å²) in [6.07, 6.45) is 3.40. The standard InChI is InChI=1S/C19H24N4O2/c1-13(2)17(23-19(25)22-16-9-5-4-6-10-16)18(24)21-14(3)15-8-7-11-20-12-15/h4-14,17H,1-3H3,(H,21,24)(H2,22,23,25). The number of amides is 3. The normalized spacial score (nSPS) is 13.0. The van der Waals surface area contributed by atoms with Gasteiger partial charge in [0.1, 0.15) is 6.04 Å². The van der Waals surface area contributed by atoms with Gasteiger partial charge in [0, 0.05) is 18.1 Å². The van der Waals surface area contributed by atoms with E-state index in [2.05, 4.69) is 20.9 Å². The molecule has 0 aliphatic carbocycles. The first-order chi connectivity index (χ1) is 12.0. The zero-order valence-corrected chi connectivity index (χ0v) is 14.7. The summed E-state index contributed by atoms with van der Waals surface area (Å²) in [4.78, 5) is 28.8. The van der Waals surface area contributed by atoms with Crippen molar-refractivity contribution in [1.29, 1.82) is 0 Å². The highest BCUT2D eigenvalue weighted by atomic mass is 16.2. The molecule has 0 saturated heterocycles. The molecule has 0 spiro atoms. The molecule has 0 bridgehead atoms. The van der Waals surface area contributed by atoms with E-state index in [1.807, 2.05) is 51.1 Å². The van der Waals surface area contributed by atoms with Crippen molar-refractivity contribution in [2.24, 2.45) is 5.92 Å². The van der Waals surface area contributed by atoms with Crippen molar-refractivity contribution in [3.05, 3.63) is 60.4 Å². The predicted octanol–water partition coefficient (Wildman–Crippen LogP) is 3.11. The van der Waals surface area contributed by atoms with Gasteiger partial charge in [-0.1, -0.05) is 38.1 Å². The van der Waals surface area contributed by atoms with Gasteiger partial charge in [0.2, 0.25) is 5.91 Å². The maximum absolute atomic E-state index is 12.6. The number of carbonyl (C=O) groups excluding carboxylic acids is 2. The molecule has 2 atom stereocenters. The molecule has 0 aliphatic rings. The van der Waals surface area contributed by atoms with Crippen molar-refractivity contribution in [3.63, 3.8) is 0 Å². The highest BCUT2D eigenvalue weighted by Crippen LogP contribution is 2.12. The summed E-state index contributed by atoms with van der Waals surface area (Å²) < 4.78 is 0. The van der Waals surface area contributed by atoms with Gasteiger partial charge in [-0.05, 0) is 36.6 Å². The number of nitrogens with one attached hydrogen (secondary N) is 3. The highest BCUT2D eigenvalue weighted by molar-refractivity contribution is 5.93. The Morgan fingerprint density at radius 1 is 0.960 bits per heavy atom. The van der Waals surface area contributed by atoms with Crippen LogP contribution in [0, 0.1) is 5.92 Å². The lowest BCUT2D eigenvalue weighted by atomic mass is 10.0. The van der Waals surface area contributed by atoms with Crippen LogP contribution in [-0.4, -0.2) is 23.0 Å². The van der Waals surface area contributed by atoms with Crippen LogP contribution in [-0.2, 0) is 4.79 Å². The lowest BCUT2D eigenvalue weighted by molar-refractivity contribution is -0.124. The van der Waals surface area contributed by atoms with Crippen LogP contribution in [0.5, 0.6) is 0 Å². The third-order valence-corrected chi connectivity index (χ3v) is 3.81. The Bertz CT molecular complexity index is 689. The number of benzene rings is 1. The van der Waals surface area contributed by atoms with Gasteiger partial charge in [-0.2, -0.15) is 0 Å². The van der Waals surface area contributed by atoms with E-state index in [0.717, 1.165) is 5.56 Å². The molecular formula is C19H24N4O2. The number of urea groups is 1. The van der Waals surface area contributed by atoms with E-state index in [9.17, 15) is 9.59 Å². The Morgan fingerprint density at radius 2 is 1.68 bits per heavy atom. The molecule has 0 fully saturated rings. The SMILES string of the molecule is CC(NC(=O)C(NC(=O)Nc1ccccc1)C(C)C)c1cccnc1. The van der Waals surface area contributed by atoms with Crippen LogP contribution in [0.15, 0.2) is 54.9 Å². The number of nitrogens with zero attached hydrogens (tertiary/aromatic N) is 1. The number of aromatic nitrogens is 1. The predicted molar refractivity (Wildman–Crippen MR) is 98.0 cm³/mol. The van der Waals surface area contributed by atoms with Gasteiger partial charge in [0.25, 0.3) is 0 Å². The van der Waals surface area contributed by atoms with Crippen LogP contribution in [0.25, 0.3) is 0 Å². The Balaban J connectivity index is 1.97. The fraction of sp³-hybridized carbons (Fsp3) is 0.316. The monoisotopic (exact) mass is 340 g/mol. The molecule has 0 saturated carbocycles. The fourth-order valence-corrected chi connectivity index (χ4v) is 2.38. The molecule has 2 rings (SSSR count). The smallest absolute Gasteiger partial charge is 0.319 e. The van der Waals surface area contributed by atoms with E-state index < -0.39 is 12.1 Å². The number of hydrogen-bond acceptors (Lipinski definition) is 3. The summed E-state index contributed by atoms with van der Waals surface area (Å²) in [6.45, 7) is 5.67. The van der Waals surface area contributed by atoms with Crippen LogP contribution in [0.1, 0.15) is 32.4 Å². The molecule has 132 valence electrons. The third kappa shape index (κ3) is 5.60. The lowest BCUT2D eigenvalue weighted by Gasteiger charge is -2.24. The average molecular weight is 340 g/mol. The second kappa shape index (κ2) is 8.82. The first-order valence-electron chi connectivity index (χ1n) is 8.30. The Kier molecular flexibility index (Phi) is 6.51. The molecule has 6 heteroatoms. The van der Waals surface area contributed by atoms with E-state index in [1.165, 1.54) is 0 Å². The van der Waals surface area contributed by atoms with Crippen molar-refractivity contribution in [2.75, 3.05) is 5.32 Å². The maximum atomic E-state index is 12.6. The zero-order valence-electron chi connectivity index (χ0n) is 14.7. The summed E-state index contributed by atoms with van der Waals surface area (Å²) in [5.41, 5.74) is 1.58. The molecule has 2 unspecified atom stereocenters. The van der Waals surface area contributed by atoms with Gasteiger partial charge < -0.3 is 16.0 Å². The van der Waals surface area contributed by atoms with Crippen LogP contribution < -0.4 is 16.0 Å². The molecule has 0 radical (unpaired) electrons. The van der Waals surface area contributed by atoms with Gasteiger partial charge in [-0.15, -0.1) is 0 Å². The third-order valence-electron chi connectivity index (χ3n) is 3.81. The molecule has 3 amide bonds. The number of pyridine rings is 1. The van der Waals surface area contributed by atoms with Gasteiger partial charge in [-0.3, -0.25) is 9.78 Å². The summed E-state index contributed by atoms with van der Waals surface area (Å²) >= 11 is 0. The molecule has 1 aromatic carbocycles. The van der Waals surface area contributed by atoms with Crippen LogP contribution in [0.4, 0.5) is 10.5 Å². The van der Waals surface area contributed by atoms with E-state index in [-0.39, 0.29) is 17.9 Å². The van der Waals surface area contributed by atoms with Crippen molar-refractivity contribution in [1.82, 2.24) is 15.6 Å². The number of rotatable bonds is 6. The number of hydrogen-bond donors (Lipinski definition) is 3. The van der Waals surface area contributed by atoms with E-state index in [0.29, 0.717) is 5.69 Å². The minimum absolute atomic E-state index is 0.0531. The first-order valence-corrected chi connectivity index (χ1v) is 8.30. The molecule has 1 aromatic heterocycles. The minimum atomic E-state index is -0.636. The van der Waals surface area contributed by atoms with Gasteiger partial charge in [0.05, 0.1) is 6.04 Å². The van der Waals surface area contributed by atoms with E-state index in [1.54, 1.807) is 24.5 Å². The van der Waals surface area contributed by atoms with Crippen LogP contribution in [0.2, 0.25) is 0 Å². The molecule has 1 heterocycles. The van der Waals surface area contributed by atoms with Crippen molar-refractivity contribution >= 4 is 17.6 Å². The minimum Gasteiger partial charge on any atom is -0.348 e. The largest absolute Gasteiger partial charge is 0.348 e. The summed E-state index contributed by atoms with van der Waals surface area (Å²) in [7, 11) is 0. The molecular weight excluding hydrogens is 316 g/mol. The quantitative estimate of drug-likeness (QED) is 0.755. The number of carbonyl (C=O) groups is 2. The van der Waals surface area contributed by atoms with Crippen LogP contribution >= 0.6 is 0 Å². The summed E-state index contributed by atoms with van der Waals surface area (Å²) in [5.74, 6) is -0.280. The highest BCUT2D eigenvalue weighted by Gasteiger charge is 2.25. The van der Waals surface area contributed by atoms with Gasteiger partial charge in [0.15, 0.2) is 0 Å².